The molecule has 2 amide bonds. The first-order valence-corrected chi connectivity index (χ1v) is 10.2. The zero-order chi connectivity index (χ0) is 18.3. The van der Waals surface area contributed by atoms with Gasteiger partial charge in [-0.2, -0.15) is 0 Å². The number of rotatable bonds is 2. The molecule has 0 aliphatic carbocycles. The van der Waals surface area contributed by atoms with Gasteiger partial charge in [0.25, 0.3) is 5.56 Å². The van der Waals surface area contributed by atoms with E-state index in [1.54, 1.807) is 11.6 Å². The second kappa shape index (κ2) is 6.81. The molecule has 0 saturated heterocycles. The summed E-state index contributed by atoms with van der Waals surface area (Å²) in [6, 6.07) is -0.370. The smallest absolute Gasteiger partial charge is 0.299 e. The molecule has 2 N–H and O–H groups in total. The molecule has 26 heavy (non-hydrogen) atoms. The lowest BCUT2D eigenvalue weighted by atomic mass is 10.0. The molecule has 0 saturated carbocycles. The highest BCUT2D eigenvalue weighted by Crippen LogP contribution is 2.33. The van der Waals surface area contributed by atoms with E-state index in [-0.39, 0.29) is 11.6 Å². The van der Waals surface area contributed by atoms with Crippen molar-refractivity contribution < 1.29 is 4.79 Å². The quantitative estimate of drug-likeness (QED) is 0.697. The van der Waals surface area contributed by atoms with Gasteiger partial charge in [0, 0.05) is 24.5 Å². The van der Waals surface area contributed by atoms with Gasteiger partial charge in [-0.3, -0.25) is 20.0 Å². The summed E-state index contributed by atoms with van der Waals surface area (Å²) in [5.41, 5.74) is 0.769. The number of urea groups is 1. The van der Waals surface area contributed by atoms with Crippen LogP contribution in [0.15, 0.2) is 16.4 Å². The number of amides is 2. The second-order valence-electron chi connectivity index (χ2n) is 6.57. The molecule has 4 heterocycles. The minimum absolute atomic E-state index is 0.00114. The van der Waals surface area contributed by atoms with Crippen LogP contribution in [0.25, 0.3) is 10.2 Å². The Labute approximate surface area is 158 Å². The molecule has 9 heteroatoms. The summed E-state index contributed by atoms with van der Waals surface area (Å²) in [6.45, 7) is 4.78. The van der Waals surface area contributed by atoms with E-state index in [4.69, 9.17) is 4.98 Å². The Hall–Kier alpha value is -2.26. The minimum atomic E-state index is -0.370. The first kappa shape index (κ1) is 17.2. The Kier molecular flexibility index (Phi) is 4.49. The normalized spacial score (nSPS) is 16.9. The van der Waals surface area contributed by atoms with E-state index in [9.17, 15) is 9.59 Å². The van der Waals surface area contributed by atoms with Crippen molar-refractivity contribution in [1.29, 1.82) is 0 Å². The van der Waals surface area contributed by atoms with Gasteiger partial charge < -0.3 is 0 Å². The minimum Gasteiger partial charge on any atom is -0.299 e. The summed E-state index contributed by atoms with van der Waals surface area (Å²) in [5, 5.41) is 9.08. The van der Waals surface area contributed by atoms with Crippen molar-refractivity contribution in [2.45, 2.75) is 39.7 Å². The average Bonchev–Trinajstić information content (AvgIpc) is 3.15. The van der Waals surface area contributed by atoms with Crippen molar-refractivity contribution in [2.75, 3.05) is 10.6 Å². The summed E-state index contributed by atoms with van der Waals surface area (Å²) >= 11 is 2.69. The van der Waals surface area contributed by atoms with Crippen LogP contribution in [-0.2, 0) is 13.0 Å². The van der Waals surface area contributed by atoms with E-state index in [1.807, 2.05) is 11.5 Å². The number of carbonyl (C=O) groups is 1. The van der Waals surface area contributed by atoms with Crippen LogP contribution in [0.1, 0.15) is 31.2 Å². The molecule has 0 unspecified atom stereocenters. The maximum Gasteiger partial charge on any atom is 0.326 e. The molecule has 7 nitrogen and oxygen atoms in total. The molecule has 0 bridgehead atoms. The third-order valence-corrected chi connectivity index (χ3v) is 6.51. The van der Waals surface area contributed by atoms with Gasteiger partial charge in [-0.05, 0) is 31.2 Å². The first-order valence-electron chi connectivity index (χ1n) is 8.53. The van der Waals surface area contributed by atoms with Gasteiger partial charge in [0.2, 0.25) is 0 Å². The van der Waals surface area contributed by atoms with Crippen molar-refractivity contribution in [2.24, 2.45) is 5.92 Å². The third kappa shape index (κ3) is 3.12. The highest BCUT2D eigenvalue weighted by atomic mass is 32.1. The number of hydrogen-bond donors (Lipinski definition) is 2. The van der Waals surface area contributed by atoms with Crippen molar-refractivity contribution in [1.82, 2.24) is 14.5 Å². The number of aryl methyl sites for hydroxylation is 2. The van der Waals surface area contributed by atoms with E-state index in [2.05, 4.69) is 22.5 Å². The van der Waals surface area contributed by atoms with E-state index >= 15 is 0 Å². The van der Waals surface area contributed by atoms with Crippen molar-refractivity contribution >= 4 is 49.1 Å². The van der Waals surface area contributed by atoms with E-state index in [0.717, 1.165) is 30.7 Å². The van der Waals surface area contributed by atoms with Crippen LogP contribution in [0.4, 0.5) is 14.9 Å². The summed E-state index contributed by atoms with van der Waals surface area (Å²) in [6.07, 6.45) is 4.48. The molecule has 1 atom stereocenters. The molecule has 3 aromatic heterocycles. The standard InChI is InChI=1S/C17H19N5O2S2/c1-9-3-4-11-19-14-12(15(23)22(11)7-5-9)10(2)13(26-14)20-16(24)21-17-18-6-8-25-17/h6,8-9H,3-5,7H2,1-2H3,(H2,18,20,21,24)/t9-/m1/s1. The molecule has 0 fully saturated rings. The van der Waals surface area contributed by atoms with Crippen LogP contribution in [0.3, 0.4) is 0 Å². The first-order chi connectivity index (χ1) is 12.5. The Morgan fingerprint density at radius 3 is 2.96 bits per heavy atom. The van der Waals surface area contributed by atoms with Crippen LogP contribution >= 0.6 is 22.7 Å². The van der Waals surface area contributed by atoms with Crippen LogP contribution in [0.5, 0.6) is 0 Å². The van der Waals surface area contributed by atoms with Crippen LogP contribution in [-0.4, -0.2) is 20.6 Å². The van der Waals surface area contributed by atoms with Crippen LogP contribution in [0.2, 0.25) is 0 Å². The van der Waals surface area contributed by atoms with Gasteiger partial charge in [0.15, 0.2) is 5.13 Å². The molecule has 0 radical (unpaired) electrons. The number of nitrogens with zero attached hydrogens (tertiary/aromatic N) is 3. The lowest BCUT2D eigenvalue weighted by molar-refractivity contribution is 0.262. The van der Waals surface area contributed by atoms with Gasteiger partial charge >= 0.3 is 6.03 Å². The fourth-order valence-electron chi connectivity index (χ4n) is 3.19. The Balaban J connectivity index is 1.68. The van der Waals surface area contributed by atoms with Gasteiger partial charge in [-0.25, -0.2) is 14.8 Å². The fourth-order valence-corrected chi connectivity index (χ4v) is 4.79. The van der Waals surface area contributed by atoms with Crippen molar-refractivity contribution in [3.63, 3.8) is 0 Å². The number of carbonyl (C=O) groups excluding carboxylic acids is 1. The van der Waals surface area contributed by atoms with E-state index in [0.29, 0.717) is 32.8 Å². The third-order valence-electron chi connectivity index (χ3n) is 4.72. The number of aromatic nitrogens is 3. The van der Waals surface area contributed by atoms with Crippen molar-refractivity contribution in [3.8, 4) is 0 Å². The molecule has 3 aromatic rings. The van der Waals surface area contributed by atoms with Gasteiger partial charge in [0.1, 0.15) is 15.7 Å². The molecule has 1 aliphatic heterocycles. The molecule has 136 valence electrons. The van der Waals surface area contributed by atoms with E-state index in [1.165, 1.54) is 22.7 Å². The monoisotopic (exact) mass is 389 g/mol. The molecular weight excluding hydrogens is 370 g/mol. The van der Waals surface area contributed by atoms with Crippen LogP contribution in [0, 0.1) is 12.8 Å². The molecule has 1 aliphatic rings. The second-order valence-corrected chi connectivity index (χ2v) is 8.46. The number of anilines is 2. The number of thiazole rings is 1. The van der Waals surface area contributed by atoms with Gasteiger partial charge in [-0.1, -0.05) is 18.3 Å². The number of nitrogens with one attached hydrogen (secondary N) is 2. The number of thiophene rings is 1. The van der Waals surface area contributed by atoms with E-state index < -0.39 is 0 Å². The predicted molar refractivity (Wildman–Crippen MR) is 105 cm³/mol. The number of fused-ring (bicyclic) bond motifs is 2. The fraction of sp³-hybridized carbons (Fsp3) is 0.412. The zero-order valence-corrected chi connectivity index (χ0v) is 16.2. The highest BCUT2D eigenvalue weighted by Gasteiger charge is 2.21. The molecule has 0 spiro atoms. The van der Waals surface area contributed by atoms with Crippen molar-refractivity contribution in [3.05, 3.63) is 33.3 Å². The lowest BCUT2D eigenvalue weighted by Gasteiger charge is -2.08. The molecular formula is C17H19N5O2S2. The van der Waals surface area contributed by atoms with Gasteiger partial charge in [0.05, 0.1) is 5.39 Å². The Morgan fingerprint density at radius 2 is 2.19 bits per heavy atom. The Morgan fingerprint density at radius 1 is 1.35 bits per heavy atom. The lowest BCUT2D eigenvalue weighted by Crippen LogP contribution is -2.24. The molecule has 0 aromatic carbocycles. The summed E-state index contributed by atoms with van der Waals surface area (Å²) in [7, 11) is 0. The summed E-state index contributed by atoms with van der Waals surface area (Å²) in [4.78, 5) is 34.6. The average molecular weight is 390 g/mol. The van der Waals surface area contributed by atoms with Gasteiger partial charge in [-0.15, -0.1) is 11.3 Å². The largest absolute Gasteiger partial charge is 0.326 e. The maximum absolute atomic E-state index is 13.0. The maximum atomic E-state index is 13.0. The summed E-state index contributed by atoms with van der Waals surface area (Å²) < 4.78 is 1.81. The predicted octanol–water partition coefficient (Wildman–Crippen LogP) is 3.84. The van der Waals surface area contributed by atoms with Crippen LogP contribution < -0.4 is 16.2 Å². The summed E-state index contributed by atoms with van der Waals surface area (Å²) in [5.74, 6) is 1.45. The zero-order valence-electron chi connectivity index (χ0n) is 14.5. The SMILES string of the molecule is Cc1c(NC(=O)Nc2nccs2)sc2nc3n(c(=O)c12)CC[C@H](C)CC3. The molecule has 4 rings (SSSR count). The Bertz CT molecular complexity index is 1020. The number of hydrogen-bond acceptors (Lipinski definition) is 6. The highest BCUT2D eigenvalue weighted by molar-refractivity contribution is 7.22. The topological polar surface area (TPSA) is 88.9 Å².